The standard InChI is InChI=1S/C15H15ClFN3OS/c1-8(2)14-10-6-18-20(15(10)19-13(21)7-22-14)12-4-3-9(16)5-11(12)17/h3-6,8,14H,7H2,1-2H3,(H,19,21). The van der Waals surface area contributed by atoms with Gasteiger partial charge in [0.05, 0.1) is 11.9 Å². The molecule has 0 radical (unpaired) electrons. The lowest BCUT2D eigenvalue weighted by Gasteiger charge is -2.17. The molecular weight excluding hydrogens is 325 g/mol. The van der Waals surface area contributed by atoms with Crippen molar-refractivity contribution >= 4 is 35.1 Å². The van der Waals surface area contributed by atoms with Crippen LogP contribution in [0.2, 0.25) is 5.02 Å². The van der Waals surface area contributed by atoms with Crippen molar-refractivity contribution in [2.45, 2.75) is 19.1 Å². The van der Waals surface area contributed by atoms with Gasteiger partial charge >= 0.3 is 0 Å². The molecule has 1 atom stereocenters. The third-order valence-electron chi connectivity index (χ3n) is 3.50. The molecule has 1 unspecified atom stereocenters. The third kappa shape index (κ3) is 2.73. The van der Waals surface area contributed by atoms with Crippen LogP contribution in [0.3, 0.4) is 0 Å². The highest BCUT2D eigenvalue weighted by molar-refractivity contribution is 8.00. The number of carbonyl (C=O) groups excluding carboxylic acids is 1. The molecule has 2 aromatic rings. The van der Waals surface area contributed by atoms with E-state index < -0.39 is 5.82 Å². The number of thioether (sulfide) groups is 1. The maximum atomic E-state index is 14.2. The smallest absolute Gasteiger partial charge is 0.235 e. The van der Waals surface area contributed by atoms with Gasteiger partial charge < -0.3 is 5.32 Å². The average Bonchev–Trinajstić information content (AvgIpc) is 2.75. The lowest BCUT2D eigenvalue weighted by atomic mass is 10.0. The minimum absolute atomic E-state index is 0.106. The minimum Gasteiger partial charge on any atom is -0.310 e. The van der Waals surface area contributed by atoms with Crippen molar-refractivity contribution in [2.75, 3.05) is 11.1 Å². The molecule has 1 aromatic carbocycles. The van der Waals surface area contributed by atoms with E-state index in [1.165, 1.54) is 10.7 Å². The highest BCUT2D eigenvalue weighted by Crippen LogP contribution is 2.42. The molecule has 4 nitrogen and oxygen atoms in total. The quantitative estimate of drug-likeness (QED) is 0.898. The first-order chi connectivity index (χ1) is 10.5. The Bertz CT molecular complexity index is 732. The molecule has 2 heterocycles. The molecule has 0 fully saturated rings. The van der Waals surface area contributed by atoms with Gasteiger partial charge in [0.2, 0.25) is 5.91 Å². The van der Waals surface area contributed by atoms with Crippen molar-refractivity contribution in [3.63, 3.8) is 0 Å². The van der Waals surface area contributed by atoms with E-state index in [4.69, 9.17) is 11.6 Å². The fourth-order valence-electron chi connectivity index (χ4n) is 2.51. The van der Waals surface area contributed by atoms with Crippen LogP contribution >= 0.6 is 23.4 Å². The first-order valence-corrected chi connectivity index (χ1v) is 8.35. The molecule has 0 saturated carbocycles. The molecule has 0 bridgehead atoms. The van der Waals surface area contributed by atoms with Gasteiger partial charge in [-0.25, -0.2) is 9.07 Å². The molecule has 22 heavy (non-hydrogen) atoms. The van der Waals surface area contributed by atoms with Crippen molar-refractivity contribution in [2.24, 2.45) is 5.92 Å². The Hall–Kier alpha value is -1.53. The highest BCUT2D eigenvalue weighted by Gasteiger charge is 2.29. The number of hydrogen-bond acceptors (Lipinski definition) is 3. The molecule has 0 aliphatic carbocycles. The van der Waals surface area contributed by atoms with Crippen molar-refractivity contribution in [1.82, 2.24) is 9.78 Å². The average molecular weight is 340 g/mol. The number of halogens is 2. The van der Waals surface area contributed by atoms with Crippen LogP contribution in [0, 0.1) is 11.7 Å². The summed E-state index contributed by atoms with van der Waals surface area (Å²) in [6.45, 7) is 4.19. The Morgan fingerprint density at radius 3 is 2.95 bits per heavy atom. The van der Waals surface area contributed by atoms with Crippen molar-refractivity contribution in [3.05, 3.63) is 40.8 Å². The van der Waals surface area contributed by atoms with Crippen LogP contribution in [0.4, 0.5) is 10.2 Å². The number of nitrogens with one attached hydrogen (secondary N) is 1. The molecule has 1 amide bonds. The van der Waals surface area contributed by atoms with E-state index in [1.807, 2.05) is 0 Å². The van der Waals surface area contributed by atoms with Crippen LogP contribution < -0.4 is 5.32 Å². The summed E-state index contributed by atoms with van der Waals surface area (Å²) in [6, 6.07) is 4.39. The lowest BCUT2D eigenvalue weighted by Crippen LogP contribution is -2.16. The summed E-state index contributed by atoms with van der Waals surface area (Å²) in [5.74, 6) is 0.663. The number of nitrogens with zero attached hydrogens (tertiary/aromatic N) is 2. The zero-order chi connectivity index (χ0) is 15.9. The summed E-state index contributed by atoms with van der Waals surface area (Å²) >= 11 is 7.37. The molecule has 3 rings (SSSR count). The Morgan fingerprint density at radius 1 is 1.50 bits per heavy atom. The van der Waals surface area contributed by atoms with Crippen molar-refractivity contribution in [1.29, 1.82) is 0 Å². The normalized spacial score (nSPS) is 18.0. The molecule has 1 N–H and O–H groups in total. The second kappa shape index (κ2) is 5.93. The Morgan fingerprint density at radius 2 is 2.27 bits per heavy atom. The fourth-order valence-corrected chi connectivity index (χ4v) is 3.80. The van der Waals surface area contributed by atoms with Crippen molar-refractivity contribution < 1.29 is 9.18 Å². The van der Waals surface area contributed by atoms with E-state index in [-0.39, 0.29) is 16.8 Å². The monoisotopic (exact) mass is 339 g/mol. The van der Waals surface area contributed by atoms with Crippen LogP contribution in [-0.2, 0) is 4.79 Å². The van der Waals surface area contributed by atoms with Crippen LogP contribution in [0.15, 0.2) is 24.4 Å². The summed E-state index contributed by atoms with van der Waals surface area (Å²) in [4.78, 5) is 11.9. The van der Waals surface area contributed by atoms with Crippen LogP contribution in [0.1, 0.15) is 24.7 Å². The zero-order valence-electron chi connectivity index (χ0n) is 12.1. The summed E-state index contributed by atoms with van der Waals surface area (Å²) < 4.78 is 15.6. The van der Waals surface area contributed by atoms with Gasteiger partial charge in [0, 0.05) is 15.8 Å². The molecule has 0 spiro atoms. The van der Waals surface area contributed by atoms with E-state index in [0.717, 1.165) is 5.56 Å². The molecule has 7 heteroatoms. The number of carbonyl (C=O) groups is 1. The molecule has 1 aromatic heterocycles. The van der Waals surface area contributed by atoms with Gasteiger partial charge in [-0.3, -0.25) is 4.79 Å². The van der Waals surface area contributed by atoms with E-state index in [9.17, 15) is 9.18 Å². The first-order valence-electron chi connectivity index (χ1n) is 6.92. The molecule has 0 saturated heterocycles. The molecular formula is C15H15ClFN3OS. The number of rotatable bonds is 2. The molecule has 116 valence electrons. The minimum atomic E-state index is -0.481. The van der Waals surface area contributed by atoms with Crippen LogP contribution in [0.25, 0.3) is 5.69 Å². The maximum Gasteiger partial charge on any atom is 0.235 e. The lowest BCUT2D eigenvalue weighted by molar-refractivity contribution is -0.113. The summed E-state index contributed by atoms with van der Waals surface area (Å²) in [6.07, 6.45) is 1.70. The topological polar surface area (TPSA) is 46.9 Å². The van der Waals surface area contributed by atoms with Crippen LogP contribution in [0.5, 0.6) is 0 Å². The van der Waals surface area contributed by atoms with E-state index in [2.05, 4.69) is 24.3 Å². The predicted octanol–water partition coefficient (Wildman–Crippen LogP) is 4.05. The SMILES string of the molecule is CC(C)C1SCC(=O)Nc2c1cnn2-c1ccc(Cl)cc1F. The van der Waals surface area contributed by atoms with Gasteiger partial charge in [-0.15, -0.1) is 11.8 Å². The Kier molecular flexibility index (Phi) is 4.14. The summed E-state index contributed by atoms with van der Waals surface area (Å²) in [7, 11) is 0. The number of amides is 1. The van der Waals surface area contributed by atoms with Gasteiger partial charge in [-0.2, -0.15) is 5.10 Å². The number of fused-ring (bicyclic) bond motifs is 1. The van der Waals surface area contributed by atoms with Gasteiger partial charge in [0.25, 0.3) is 0 Å². The molecule has 1 aliphatic rings. The maximum absolute atomic E-state index is 14.2. The van der Waals surface area contributed by atoms with Crippen molar-refractivity contribution in [3.8, 4) is 5.69 Å². The number of hydrogen-bond donors (Lipinski definition) is 1. The van der Waals surface area contributed by atoms with Crippen LogP contribution in [-0.4, -0.2) is 21.4 Å². The Labute approximate surface area is 137 Å². The van der Waals surface area contributed by atoms with Gasteiger partial charge in [-0.05, 0) is 24.1 Å². The third-order valence-corrected chi connectivity index (χ3v) is 5.32. The molecule has 1 aliphatic heterocycles. The van der Waals surface area contributed by atoms with Gasteiger partial charge in [-0.1, -0.05) is 25.4 Å². The number of benzene rings is 1. The number of anilines is 1. The largest absolute Gasteiger partial charge is 0.310 e. The first kappa shape index (κ1) is 15.4. The summed E-state index contributed by atoms with van der Waals surface area (Å²) in [5, 5.41) is 7.57. The van der Waals surface area contributed by atoms with Gasteiger partial charge in [0.1, 0.15) is 17.3 Å². The Balaban J connectivity index is 2.14. The number of aromatic nitrogens is 2. The predicted molar refractivity (Wildman–Crippen MR) is 87.2 cm³/mol. The fraction of sp³-hybridized carbons (Fsp3) is 0.333. The van der Waals surface area contributed by atoms with E-state index >= 15 is 0 Å². The van der Waals surface area contributed by atoms with E-state index in [1.54, 1.807) is 30.1 Å². The second-order valence-electron chi connectivity index (χ2n) is 5.48. The second-order valence-corrected chi connectivity index (χ2v) is 7.05. The highest BCUT2D eigenvalue weighted by atomic mass is 35.5. The van der Waals surface area contributed by atoms with Gasteiger partial charge in [0.15, 0.2) is 0 Å². The zero-order valence-corrected chi connectivity index (χ0v) is 13.7. The van der Waals surface area contributed by atoms with E-state index in [0.29, 0.717) is 22.5 Å². The summed E-state index contributed by atoms with van der Waals surface area (Å²) in [5.41, 5.74) is 1.18.